The van der Waals surface area contributed by atoms with Crippen molar-refractivity contribution in [1.82, 2.24) is 15.8 Å². The van der Waals surface area contributed by atoms with Gasteiger partial charge in [0.1, 0.15) is 12.2 Å². The summed E-state index contributed by atoms with van der Waals surface area (Å²) in [7, 11) is 0. The van der Waals surface area contributed by atoms with Gasteiger partial charge in [-0.1, -0.05) is 6.92 Å². The van der Waals surface area contributed by atoms with Crippen LogP contribution in [0.1, 0.15) is 20.8 Å². The van der Waals surface area contributed by atoms with E-state index in [-0.39, 0.29) is 0 Å². The van der Waals surface area contributed by atoms with Crippen LogP contribution in [0, 0.1) is 11.3 Å². The molecule has 0 unspecified atom stereocenters. The summed E-state index contributed by atoms with van der Waals surface area (Å²) < 4.78 is 0. The maximum Gasteiger partial charge on any atom is 0.223 e. The first kappa shape index (κ1) is 12.7. The number of aliphatic imine (C=N–C) groups is 2. The Kier molecular flexibility index (Phi) is 4.10. The monoisotopic (exact) mass is 242 g/mol. The Morgan fingerprint density at radius 2 is 2.31 bits per heavy atom. The zero-order chi connectivity index (χ0) is 12.2. The first-order valence-electron chi connectivity index (χ1n) is 4.97. The molecule has 1 heterocycles. The molecule has 1 rings (SSSR count). The van der Waals surface area contributed by atoms with E-state index in [0.29, 0.717) is 17.9 Å². The van der Waals surface area contributed by atoms with Gasteiger partial charge < -0.3 is 5.32 Å². The predicted molar refractivity (Wildman–Crippen MR) is 63.9 cm³/mol. The zero-order valence-corrected chi connectivity index (χ0v) is 10.3. The van der Waals surface area contributed by atoms with Crippen LogP contribution in [0.2, 0.25) is 0 Å². The highest BCUT2D eigenvalue weighted by Gasteiger charge is 2.21. The average molecular weight is 243 g/mol. The Bertz CT molecular complexity index is 354. The van der Waals surface area contributed by atoms with Crippen LogP contribution in [-0.2, 0) is 0 Å². The summed E-state index contributed by atoms with van der Waals surface area (Å²) in [5.41, 5.74) is 2.29. The van der Waals surface area contributed by atoms with E-state index in [1.54, 1.807) is 18.9 Å². The minimum absolute atomic E-state index is 0.313. The van der Waals surface area contributed by atoms with Gasteiger partial charge in [0.25, 0.3) is 0 Å². The number of hydrazine groups is 1. The van der Waals surface area contributed by atoms with Crippen molar-refractivity contribution in [2.24, 2.45) is 9.98 Å². The lowest BCUT2D eigenvalue weighted by Crippen LogP contribution is -2.48. The molecule has 88 valence electrons. The molecule has 0 aliphatic carbocycles. The second-order valence-corrected chi connectivity index (χ2v) is 4.14. The van der Waals surface area contributed by atoms with Crippen molar-refractivity contribution in [3.05, 3.63) is 0 Å². The fourth-order valence-electron chi connectivity index (χ4n) is 1.06. The third-order valence-electron chi connectivity index (χ3n) is 1.84. The molecular weight excluding hydrogens is 228 g/mol. The van der Waals surface area contributed by atoms with Gasteiger partial charge in [0.15, 0.2) is 0 Å². The Balaban J connectivity index is 2.65. The minimum Gasteiger partial charge on any atom is -0.337 e. The van der Waals surface area contributed by atoms with E-state index < -0.39 is 5.54 Å². The molecule has 0 saturated heterocycles. The number of nitriles is 1. The van der Waals surface area contributed by atoms with Crippen LogP contribution in [0.3, 0.4) is 0 Å². The van der Waals surface area contributed by atoms with Gasteiger partial charge in [0, 0.05) is 6.54 Å². The SMILES string of the molecule is CCNN1CN=C(NC(C)(C)C#N)N=C1Cl. The van der Waals surface area contributed by atoms with Crippen LogP contribution in [0.4, 0.5) is 0 Å². The number of amidine groups is 1. The minimum atomic E-state index is -0.708. The molecule has 0 saturated carbocycles. The molecular formula is C9H15ClN6. The van der Waals surface area contributed by atoms with E-state index in [0.717, 1.165) is 6.54 Å². The van der Waals surface area contributed by atoms with Crippen LogP contribution >= 0.6 is 11.6 Å². The van der Waals surface area contributed by atoms with Gasteiger partial charge in [-0.3, -0.25) is 5.01 Å². The summed E-state index contributed by atoms with van der Waals surface area (Å²) in [5.74, 6) is 0.380. The number of halogens is 1. The normalized spacial score (nSPS) is 16.3. The summed E-state index contributed by atoms with van der Waals surface area (Å²) >= 11 is 5.94. The van der Waals surface area contributed by atoms with Crippen molar-refractivity contribution < 1.29 is 0 Å². The fourth-order valence-corrected chi connectivity index (χ4v) is 1.25. The van der Waals surface area contributed by atoms with Crippen LogP contribution in [-0.4, -0.2) is 35.0 Å². The molecule has 6 nitrogen and oxygen atoms in total. The summed E-state index contributed by atoms with van der Waals surface area (Å²) in [6.45, 7) is 6.57. The number of hydrogen-bond donors (Lipinski definition) is 2. The van der Waals surface area contributed by atoms with E-state index in [4.69, 9.17) is 16.9 Å². The van der Waals surface area contributed by atoms with E-state index in [9.17, 15) is 0 Å². The lowest BCUT2D eigenvalue weighted by atomic mass is 10.1. The Morgan fingerprint density at radius 3 is 2.81 bits per heavy atom. The molecule has 0 atom stereocenters. The topological polar surface area (TPSA) is 75.8 Å². The molecule has 0 amide bonds. The molecule has 1 aliphatic heterocycles. The highest BCUT2D eigenvalue weighted by atomic mass is 35.5. The molecule has 16 heavy (non-hydrogen) atoms. The number of rotatable bonds is 3. The standard InChI is InChI=1S/C9H15ClN6/c1-4-13-16-6-12-8(14-7(16)10)15-9(2,3)5-11/h13H,4,6H2,1-3H3,(H,12,15). The number of hydrogen-bond acceptors (Lipinski definition) is 6. The third-order valence-corrected chi connectivity index (χ3v) is 2.12. The maximum atomic E-state index is 8.86. The molecule has 0 aromatic heterocycles. The zero-order valence-electron chi connectivity index (χ0n) is 9.58. The molecule has 2 N–H and O–H groups in total. The average Bonchev–Trinajstić information content (AvgIpc) is 2.22. The van der Waals surface area contributed by atoms with Crippen molar-refractivity contribution >= 4 is 22.9 Å². The van der Waals surface area contributed by atoms with E-state index in [1.807, 2.05) is 6.92 Å². The maximum absolute atomic E-state index is 8.86. The second-order valence-electron chi connectivity index (χ2n) is 3.81. The van der Waals surface area contributed by atoms with Crippen LogP contribution in [0.15, 0.2) is 9.98 Å². The molecule has 0 bridgehead atoms. The smallest absolute Gasteiger partial charge is 0.223 e. The third kappa shape index (κ3) is 3.36. The molecule has 7 heteroatoms. The first-order valence-corrected chi connectivity index (χ1v) is 5.35. The van der Waals surface area contributed by atoms with E-state index in [2.05, 4.69) is 26.8 Å². The van der Waals surface area contributed by atoms with Crippen LogP contribution < -0.4 is 10.7 Å². The van der Waals surface area contributed by atoms with Crippen LogP contribution in [0.25, 0.3) is 0 Å². The van der Waals surface area contributed by atoms with Gasteiger partial charge in [-0.25, -0.2) is 10.4 Å². The summed E-state index contributed by atoms with van der Waals surface area (Å²) in [6, 6.07) is 2.11. The Morgan fingerprint density at radius 1 is 1.62 bits per heavy atom. The lowest BCUT2D eigenvalue weighted by Gasteiger charge is -2.26. The lowest BCUT2D eigenvalue weighted by molar-refractivity contribution is 0.326. The van der Waals surface area contributed by atoms with Gasteiger partial charge in [-0.15, -0.1) is 0 Å². The highest BCUT2D eigenvalue weighted by Crippen LogP contribution is 2.05. The quantitative estimate of drug-likeness (QED) is 0.712. The largest absolute Gasteiger partial charge is 0.337 e. The second kappa shape index (κ2) is 5.14. The molecule has 0 aromatic carbocycles. The molecule has 0 radical (unpaired) electrons. The number of nitrogens with zero attached hydrogens (tertiary/aromatic N) is 4. The van der Waals surface area contributed by atoms with Crippen molar-refractivity contribution in [1.29, 1.82) is 5.26 Å². The van der Waals surface area contributed by atoms with Crippen molar-refractivity contribution in [2.75, 3.05) is 13.2 Å². The summed E-state index contributed by atoms with van der Waals surface area (Å²) in [5, 5.41) is 13.7. The van der Waals surface area contributed by atoms with Gasteiger partial charge in [0.2, 0.25) is 11.3 Å². The van der Waals surface area contributed by atoms with Gasteiger partial charge in [-0.05, 0) is 25.4 Å². The molecule has 0 aromatic rings. The van der Waals surface area contributed by atoms with Crippen molar-refractivity contribution in [2.45, 2.75) is 26.3 Å². The molecule has 0 spiro atoms. The Hall–Kier alpha value is -1.32. The first-order chi connectivity index (χ1) is 7.48. The number of guanidine groups is 1. The number of nitrogens with one attached hydrogen (secondary N) is 2. The van der Waals surface area contributed by atoms with Crippen LogP contribution in [0.5, 0.6) is 0 Å². The van der Waals surface area contributed by atoms with Gasteiger partial charge in [0.05, 0.1) is 6.07 Å². The van der Waals surface area contributed by atoms with Crippen molar-refractivity contribution in [3.8, 4) is 6.07 Å². The van der Waals surface area contributed by atoms with E-state index >= 15 is 0 Å². The van der Waals surface area contributed by atoms with E-state index in [1.165, 1.54) is 0 Å². The van der Waals surface area contributed by atoms with Gasteiger partial charge >= 0.3 is 0 Å². The molecule has 0 fully saturated rings. The fraction of sp³-hybridized carbons (Fsp3) is 0.667. The van der Waals surface area contributed by atoms with Gasteiger partial charge in [-0.2, -0.15) is 10.3 Å². The summed E-state index contributed by atoms with van der Waals surface area (Å²) in [6.07, 6.45) is 0. The summed E-state index contributed by atoms with van der Waals surface area (Å²) in [4.78, 5) is 8.21. The predicted octanol–water partition coefficient (Wildman–Crippen LogP) is 0.627. The highest BCUT2D eigenvalue weighted by molar-refractivity contribution is 6.65. The van der Waals surface area contributed by atoms with Crippen molar-refractivity contribution in [3.63, 3.8) is 0 Å². The molecule has 1 aliphatic rings. The Labute approximate surface area is 100.0 Å².